The van der Waals surface area contributed by atoms with Gasteiger partial charge in [-0.1, -0.05) is 38.9 Å². The Hall–Kier alpha value is -1.13. The van der Waals surface area contributed by atoms with Crippen LogP contribution >= 0.6 is 0 Å². The Morgan fingerprint density at radius 1 is 1.22 bits per heavy atom. The number of pyridine rings is 1. The van der Waals surface area contributed by atoms with Gasteiger partial charge in [0.2, 0.25) is 0 Å². The van der Waals surface area contributed by atoms with Crippen LogP contribution in [0.25, 0.3) is 11.0 Å². The lowest BCUT2D eigenvalue weighted by Crippen LogP contribution is -2.22. The summed E-state index contributed by atoms with van der Waals surface area (Å²) in [6.07, 6.45) is 11.0. The molecule has 1 saturated carbocycles. The summed E-state index contributed by atoms with van der Waals surface area (Å²) in [5.41, 5.74) is 2.57. The second kappa shape index (κ2) is 7.18. The Kier molecular flexibility index (Phi) is 5.22. The van der Waals surface area contributed by atoms with Crippen LogP contribution in [0.15, 0.2) is 24.5 Å². The van der Waals surface area contributed by atoms with Gasteiger partial charge < -0.3 is 9.30 Å². The third-order valence-electron chi connectivity index (χ3n) is 4.94. The Labute approximate surface area is 141 Å². The van der Waals surface area contributed by atoms with Crippen LogP contribution in [0.4, 0.5) is 0 Å². The largest absolute Gasteiger partial charge is 0.361 e. The first-order chi connectivity index (χ1) is 11.0. The summed E-state index contributed by atoms with van der Waals surface area (Å²) in [5, 5.41) is 1.33. The zero-order valence-electron chi connectivity index (χ0n) is 14.8. The van der Waals surface area contributed by atoms with Crippen molar-refractivity contribution in [3.8, 4) is 0 Å². The molecule has 0 unspecified atom stereocenters. The van der Waals surface area contributed by atoms with E-state index in [0.29, 0.717) is 12.6 Å². The maximum absolute atomic E-state index is 5.96. The Morgan fingerprint density at radius 2 is 2.00 bits per heavy atom. The van der Waals surface area contributed by atoms with Crippen LogP contribution < -0.4 is 0 Å². The first kappa shape index (κ1) is 16.7. The minimum absolute atomic E-state index is 0.630. The van der Waals surface area contributed by atoms with Crippen molar-refractivity contribution < 1.29 is 4.74 Å². The van der Waals surface area contributed by atoms with E-state index in [4.69, 9.17) is 4.74 Å². The van der Waals surface area contributed by atoms with Crippen LogP contribution in [0.2, 0.25) is 25.7 Å². The van der Waals surface area contributed by atoms with Crippen LogP contribution in [0.1, 0.15) is 43.6 Å². The minimum Gasteiger partial charge on any atom is -0.361 e. The number of aromatic nitrogens is 2. The van der Waals surface area contributed by atoms with E-state index in [0.717, 1.165) is 12.3 Å². The van der Waals surface area contributed by atoms with Crippen molar-refractivity contribution in [1.29, 1.82) is 0 Å². The molecule has 2 heterocycles. The topological polar surface area (TPSA) is 27.1 Å². The van der Waals surface area contributed by atoms with Gasteiger partial charge in [0.25, 0.3) is 0 Å². The lowest BCUT2D eigenvalue weighted by Gasteiger charge is -2.21. The molecular formula is C19H30N2OSi. The van der Waals surface area contributed by atoms with E-state index < -0.39 is 8.07 Å². The summed E-state index contributed by atoms with van der Waals surface area (Å²) in [5.74, 6) is 0.707. The highest BCUT2D eigenvalue weighted by Gasteiger charge is 2.20. The second-order valence-electron chi connectivity index (χ2n) is 8.11. The molecule has 3 rings (SSSR count). The van der Waals surface area contributed by atoms with Crippen molar-refractivity contribution in [2.75, 3.05) is 6.61 Å². The van der Waals surface area contributed by atoms with Gasteiger partial charge in [0, 0.05) is 32.5 Å². The fraction of sp³-hybridized carbons (Fsp3) is 0.632. The van der Waals surface area contributed by atoms with Gasteiger partial charge in [-0.25, -0.2) is 4.98 Å². The molecule has 0 aromatic carbocycles. The molecule has 3 nitrogen and oxygen atoms in total. The third kappa shape index (κ3) is 4.24. The number of hydrogen-bond donors (Lipinski definition) is 0. The summed E-state index contributed by atoms with van der Waals surface area (Å²) in [7, 11) is -1.02. The molecule has 2 aromatic heterocycles. The van der Waals surface area contributed by atoms with Crippen molar-refractivity contribution in [3.63, 3.8) is 0 Å². The van der Waals surface area contributed by atoms with Crippen LogP contribution in [0.3, 0.4) is 0 Å². The standard InChI is InChI=1S/C19H30N2OSi/c1-23(2,3)13-12-22-15-21-14-18(16-8-5-4-6-9-16)17-10-7-11-20-19(17)21/h7,10-11,14,16H,4-6,8-9,12-13,15H2,1-3H3. The van der Waals surface area contributed by atoms with E-state index in [-0.39, 0.29) is 0 Å². The number of fused-ring (bicyclic) bond motifs is 1. The van der Waals surface area contributed by atoms with Crippen LogP contribution in [-0.4, -0.2) is 24.2 Å². The summed E-state index contributed by atoms with van der Waals surface area (Å²) < 4.78 is 8.17. The van der Waals surface area contributed by atoms with Crippen LogP contribution in [0, 0.1) is 0 Å². The minimum atomic E-state index is -1.02. The molecule has 1 fully saturated rings. The predicted octanol–water partition coefficient (Wildman–Crippen LogP) is 5.40. The third-order valence-corrected chi connectivity index (χ3v) is 6.64. The van der Waals surface area contributed by atoms with E-state index in [1.165, 1.54) is 49.1 Å². The normalized spacial score (nSPS) is 17.0. The number of hydrogen-bond acceptors (Lipinski definition) is 2. The first-order valence-corrected chi connectivity index (χ1v) is 12.8. The fourth-order valence-electron chi connectivity index (χ4n) is 3.53. The lowest BCUT2D eigenvalue weighted by molar-refractivity contribution is 0.0897. The Bertz CT molecular complexity index is 638. The van der Waals surface area contributed by atoms with Gasteiger partial charge in [-0.15, -0.1) is 0 Å². The molecular weight excluding hydrogens is 300 g/mol. The number of nitrogens with zero attached hydrogens (tertiary/aromatic N) is 2. The molecule has 0 spiro atoms. The van der Waals surface area contributed by atoms with Crippen molar-refractivity contribution in [3.05, 3.63) is 30.1 Å². The number of ether oxygens (including phenoxy) is 1. The van der Waals surface area contributed by atoms with Gasteiger partial charge in [-0.05, 0) is 42.5 Å². The quantitative estimate of drug-likeness (QED) is 0.524. The van der Waals surface area contributed by atoms with E-state index in [9.17, 15) is 0 Å². The highest BCUT2D eigenvalue weighted by atomic mass is 28.3. The van der Waals surface area contributed by atoms with Crippen LogP contribution in [-0.2, 0) is 11.5 Å². The van der Waals surface area contributed by atoms with Gasteiger partial charge >= 0.3 is 0 Å². The molecule has 2 aromatic rings. The zero-order valence-corrected chi connectivity index (χ0v) is 15.8. The van der Waals surface area contributed by atoms with Crippen molar-refractivity contribution in [2.45, 2.75) is 70.4 Å². The van der Waals surface area contributed by atoms with Gasteiger partial charge in [0.15, 0.2) is 0 Å². The summed E-state index contributed by atoms with van der Waals surface area (Å²) in [4.78, 5) is 4.62. The molecule has 126 valence electrons. The number of rotatable bonds is 6. The molecule has 0 bridgehead atoms. The highest BCUT2D eigenvalue weighted by Crippen LogP contribution is 2.36. The average Bonchev–Trinajstić information content (AvgIpc) is 2.91. The van der Waals surface area contributed by atoms with Crippen molar-refractivity contribution in [2.24, 2.45) is 0 Å². The molecule has 0 saturated heterocycles. The Balaban J connectivity index is 1.75. The highest BCUT2D eigenvalue weighted by molar-refractivity contribution is 6.76. The van der Waals surface area contributed by atoms with Gasteiger partial charge in [0.1, 0.15) is 12.4 Å². The van der Waals surface area contributed by atoms with E-state index >= 15 is 0 Å². The monoisotopic (exact) mass is 330 g/mol. The predicted molar refractivity (Wildman–Crippen MR) is 99.7 cm³/mol. The van der Waals surface area contributed by atoms with E-state index in [2.05, 4.69) is 47.5 Å². The molecule has 23 heavy (non-hydrogen) atoms. The maximum Gasteiger partial charge on any atom is 0.142 e. The maximum atomic E-state index is 5.96. The molecule has 0 aliphatic heterocycles. The molecule has 0 N–H and O–H groups in total. The SMILES string of the molecule is C[Si](C)(C)CCOCn1cc(C2CCCCC2)c2cccnc21. The molecule has 0 amide bonds. The van der Waals surface area contributed by atoms with Crippen molar-refractivity contribution >= 4 is 19.1 Å². The Morgan fingerprint density at radius 3 is 2.74 bits per heavy atom. The molecule has 4 heteroatoms. The average molecular weight is 331 g/mol. The summed E-state index contributed by atoms with van der Waals surface area (Å²) in [6.45, 7) is 8.67. The molecule has 1 aliphatic carbocycles. The lowest BCUT2D eigenvalue weighted by atomic mass is 9.84. The van der Waals surface area contributed by atoms with Gasteiger partial charge in [-0.3, -0.25) is 0 Å². The smallest absolute Gasteiger partial charge is 0.142 e. The van der Waals surface area contributed by atoms with Gasteiger partial charge in [0.05, 0.1) is 0 Å². The fourth-order valence-corrected chi connectivity index (χ4v) is 4.29. The molecule has 1 aliphatic rings. The molecule has 0 atom stereocenters. The first-order valence-electron chi connectivity index (χ1n) is 9.06. The molecule has 0 radical (unpaired) electrons. The zero-order chi connectivity index (χ0) is 16.3. The van der Waals surface area contributed by atoms with E-state index in [1.807, 2.05) is 6.20 Å². The second-order valence-corrected chi connectivity index (χ2v) is 13.7. The van der Waals surface area contributed by atoms with E-state index in [1.54, 1.807) is 0 Å². The van der Waals surface area contributed by atoms with Gasteiger partial charge in [-0.2, -0.15) is 0 Å². The summed E-state index contributed by atoms with van der Waals surface area (Å²) in [6, 6.07) is 5.50. The van der Waals surface area contributed by atoms with Crippen LogP contribution in [0.5, 0.6) is 0 Å². The summed E-state index contributed by atoms with van der Waals surface area (Å²) >= 11 is 0. The van der Waals surface area contributed by atoms with Crippen molar-refractivity contribution in [1.82, 2.24) is 9.55 Å².